The summed E-state index contributed by atoms with van der Waals surface area (Å²) in [5.74, 6) is 0. The third-order valence-corrected chi connectivity index (χ3v) is 3.94. The highest BCUT2D eigenvalue weighted by molar-refractivity contribution is 14.1. The summed E-state index contributed by atoms with van der Waals surface area (Å²) in [4.78, 5) is 0. The van der Waals surface area contributed by atoms with E-state index in [1.54, 1.807) is 0 Å². The van der Waals surface area contributed by atoms with Crippen molar-refractivity contribution in [1.29, 1.82) is 0 Å². The van der Waals surface area contributed by atoms with Crippen LogP contribution in [-0.4, -0.2) is 6.04 Å². The largest absolute Gasteiger partial charge is 0.327 e. The van der Waals surface area contributed by atoms with Gasteiger partial charge in [0.15, 0.2) is 0 Å². The molecule has 0 saturated carbocycles. The Morgan fingerprint density at radius 3 is 2.33 bits per heavy atom. The fraction of sp³-hybridized carbons (Fsp3) is 0.200. The number of rotatable bonds is 4. The van der Waals surface area contributed by atoms with Crippen LogP contribution in [-0.2, 0) is 12.8 Å². The van der Waals surface area contributed by atoms with Crippen molar-refractivity contribution in [3.8, 4) is 0 Å². The summed E-state index contributed by atoms with van der Waals surface area (Å²) in [5.41, 5.74) is 8.58. The van der Waals surface area contributed by atoms with Gasteiger partial charge >= 0.3 is 0 Å². The molecule has 2 N–H and O–H groups in total. The number of benzene rings is 2. The van der Waals surface area contributed by atoms with E-state index in [2.05, 4.69) is 46.9 Å². The molecule has 0 aliphatic heterocycles. The van der Waals surface area contributed by atoms with Gasteiger partial charge in [-0.05, 0) is 64.8 Å². The van der Waals surface area contributed by atoms with Crippen LogP contribution in [0, 0.1) is 3.57 Å². The van der Waals surface area contributed by atoms with E-state index in [0.29, 0.717) is 0 Å². The Bertz CT molecular complexity index is 510. The molecule has 1 unspecified atom stereocenters. The van der Waals surface area contributed by atoms with Gasteiger partial charge in [-0.15, -0.1) is 0 Å². The van der Waals surface area contributed by atoms with E-state index in [1.165, 1.54) is 9.13 Å². The molecular weight excluding hydrogens is 357 g/mol. The molecule has 0 amide bonds. The van der Waals surface area contributed by atoms with E-state index < -0.39 is 0 Å². The van der Waals surface area contributed by atoms with Gasteiger partial charge in [0.05, 0.1) is 0 Å². The van der Waals surface area contributed by atoms with Gasteiger partial charge in [-0.25, -0.2) is 0 Å². The van der Waals surface area contributed by atoms with Gasteiger partial charge in [-0.2, -0.15) is 0 Å². The minimum Gasteiger partial charge on any atom is -0.327 e. The lowest BCUT2D eigenvalue weighted by molar-refractivity contribution is 0.665. The molecule has 1 nitrogen and oxygen atoms in total. The van der Waals surface area contributed by atoms with Gasteiger partial charge < -0.3 is 5.73 Å². The highest BCUT2D eigenvalue weighted by atomic mass is 127. The monoisotopic (exact) mass is 371 g/mol. The second-order valence-electron chi connectivity index (χ2n) is 4.39. The molecule has 0 heterocycles. The van der Waals surface area contributed by atoms with Crippen molar-refractivity contribution in [1.82, 2.24) is 0 Å². The lowest BCUT2D eigenvalue weighted by Gasteiger charge is -2.13. The zero-order chi connectivity index (χ0) is 13.0. The zero-order valence-electron chi connectivity index (χ0n) is 9.94. The molecule has 0 bridgehead atoms. The van der Waals surface area contributed by atoms with Crippen molar-refractivity contribution < 1.29 is 0 Å². The lowest BCUT2D eigenvalue weighted by atomic mass is 10.00. The van der Waals surface area contributed by atoms with Crippen molar-refractivity contribution in [2.24, 2.45) is 5.73 Å². The summed E-state index contributed by atoms with van der Waals surface area (Å²) >= 11 is 8.44. The topological polar surface area (TPSA) is 26.0 Å². The van der Waals surface area contributed by atoms with Crippen LogP contribution in [0.25, 0.3) is 0 Å². The second-order valence-corrected chi connectivity index (χ2v) is 6.04. The molecule has 0 aliphatic carbocycles. The zero-order valence-corrected chi connectivity index (χ0v) is 12.9. The first kappa shape index (κ1) is 13.8. The molecule has 0 spiro atoms. The van der Waals surface area contributed by atoms with Gasteiger partial charge in [0, 0.05) is 14.6 Å². The maximum Gasteiger partial charge on any atom is 0.0438 e. The summed E-state index contributed by atoms with van der Waals surface area (Å²) in [5, 5.41) is 0.801. The quantitative estimate of drug-likeness (QED) is 0.806. The van der Waals surface area contributed by atoms with Crippen molar-refractivity contribution >= 4 is 34.2 Å². The fourth-order valence-corrected chi connectivity index (χ4v) is 2.51. The number of nitrogens with two attached hydrogens (primary N) is 1. The number of hydrogen-bond donors (Lipinski definition) is 1. The van der Waals surface area contributed by atoms with Crippen LogP contribution in [0.2, 0.25) is 5.02 Å². The summed E-state index contributed by atoms with van der Waals surface area (Å²) in [7, 11) is 0. The van der Waals surface area contributed by atoms with Crippen LogP contribution < -0.4 is 5.73 Å². The Hall–Kier alpha value is -0.580. The Kier molecular flexibility index (Phi) is 5.03. The Labute approximate surface area is 126 Å². The molecule has 0 aliphatic rings. The Balaban J connectivity index is 1.99. The summed E-state index contributed by atoms with van der Waals surface area (Å²) in [6.07, 6.45) is 1.69. The van der Waals surface area contributed by atoms with Crippen molar-refractivity contribution in [3.63, 3.8) is 0 Å². The Morgan fingerprint density at radius 1 is 1.00 bits per heavy atom. The molecule has 18 heavy (non-hydrogen) atoms. The second kappa shape index (κ2) is 6.55. The van der Waals surface area contributed by atoms with Crippen LogP contribution in [0.3, 0.4) is 0 Å². The molecule has 3 heteroatoms. The van der Waals surface area contributed by atoms with E-state index in [0.717, 1.165) is 23.4 Å². The molecule has 0 radical (unpaired) electrons. The van der Waals surface area contributed by atoms with Gasteiger partial charge in [0.2, 0.25) is 0 Å². The van der Waals surface area contributed by atoms with Gasteiger partial charge in [-0.3, -0.25) is 0 Å². The van der Waals surface area contributed by atoms with E-state index in [-0.39, 0.29) is 6.04 Å². The van der Waals surface area contributed by atoms with Crippen LogP contribution in [0.1, 0.15) is 11.1 Å². The molecule has 0 aromatic heterocycles. The number of hydrogen-bond acceptors (Lipinski definition) is 1. The molecule has 94 valence electrons. The van der Waals surface area contributed by atoms with E-state index in [9.17, 15) is 0 Å². The SMILES string of the molecule is NC(Cc1ccc(I)cc1)Cc1ccccc1Cl. The predicted molar refractivity (Wildman–Crippen MR) is 86.0 cm³/mol. The molecule has 0 fully saturated rings. The smallest absolute Gasteiger partial charge is 0.0438 e. The van der Waals surface area contributed by atoms with Crippen LogP contribution in [0.15, 0.2) is 48.5 Å². The van der Waals surface area contributed by atoms with E-state index >= 15 is 0 Å². The number of halogens is 2. The van der Waals surface area contributed by atoms with Gasteiger partial charge in [0.25, 0.3) is 0 Å². The van der Waals surface area contributed by atoms with Crippen LogP contribution in [0.4, 0.5) is 0 Å². The van der Waals surface area contributed by atoms with E-state index in [4.69, 9.17) is 17.3 Å². The molecule has 2 aromatic rings. The molecule has 2 rings (SSSR count). The molecule has 2 aromatic carbocycles. The molecule has 1 atom stereocenters. The predicted octanol–water partition coefficient (Wildman–Crippen LogP) is 4.06. The third kappa shape index (κ3) is 3.97. The minimum atomic E-state index is 0.102. The minimum absolute atomic E-state index is 0.102. The Morgan fingerprint density at radius 2 is 1.67 bits per heavy atom. The standard InChI is InChI=1S/C15H15ClIN/c16-15-4-2-1-3-12(15)10-14(18)9-11-5-7-13(17)8-6-11/h1-8,14H,9-10,18H2. The fourth-order valence-electron chi connectivity index (χ4n) is 1.94. The van der Waals surface area contributed by atoms with Gasteiger partial charge in [0.1, 0.15) is 0 Å². The van der Waals surface area contributed by atoms with Crippen molar-refractivity contribution in [2.45, 2.75) is 18.9 Å². The van der Waals surface area contributed by atoms with Crippen LogP contribution in [0.5, 0.6) is 0 Å². The summed E-state index contributed by atoms with van der Waals surface area (Å²) < 4.78 is 1.25. The summed E-state index contributed by atoms with van der Waals surface area (Å²) in [6.45, 7) is 0. The third-order valence-electron chi connectivity index (χ3n) is 2.85. The average Bonchev–Trinajstić information content (AvgIpc) is 2.35. The maximum atomic E-state index is 6.18. The highest BCUT2D eigenvalue weighted by Gasteiger charge is 2.07. The summed E-state index contributed by atoms with van der Waals surface area (Å²) in [6, 6.07) is 16.5. The maximum absolute atomic E-state index is 6.18. The lowest BCUT2D eigenvalue weighted by Crippen LogP contribution is -2.25. The first-order valence-corrected chi connectivity index (χ1v) is 7.34. The molecular formula is C15H15ClIN. The first-order valence-electron chi connectivity index (χ1n) is 5.88. The van der Waals surface area contributed by atoms with Gasteiger partial charge in [-0.1, -0.05) is 41.9 Å². The first-order chi connectivity index (χ1) is 8.65. The van der Waals surface area contributed by atoms with Crippen molar-refractivity contribution in [2.75, 3.05) is 0 Å². The highest BCUT2D eigenvalue weighted by Crippen LogP contribution is 2.17. The normalized spacial score (nSPS) is 12.4. The molecule has 0 saturated heterocycles. The van der Waals surface area contributed by atoms with Crippen molar-refractivity contribution in [3.05, 3.63) is 68.3 Å². The van der Waals surface area contributed by atoms with Crippen LogP contribution >= 0.6 is 34.2 Å². The average molecular weight is 372 g/mol. The van der Waals surface area contributed by atoms with E-state index in [1.807, 2.05) is 24.3 Å².